The highest BCUT2D eigenvalue weighted by Crippen LogP contribution is 2.38. The van der Waals surface area contributed by atoms with Crippen LogP contribution in [-0.4, -0.2) is 17.5 Å². The second-order valence-electron chi connectivity index (χ2n) is 2.73. The van der Waals surface area contributed by atoms with Crippen LogP contribution in [-0.2, 0) is 0 Å². The molecule has 1 aromatic carbocycles. The van der Waals surface area contributed by atoms with E-state index in [1.807, 2.05) is 23.9 Å². The lowest BCUT2D eigenvalue weighted by Crippen LogP contribution is -2.01. The first-order valence-electron chi connectivity index (χ1n) is 3.74. The highest BCUT2D eigenvalue weighted by molar-refractivity contribution is 7.99. The van der Waals surface area contributed by atoms with Gasteiger partial charge in [0.1, 0.15) is 0 Å². The second kappa shape index (κ2) is 2.88. The van der Waals surface area contributed by atoms with Crippen LogP contribution in [0.2, 0.25) is 0 Å². The van der Waals surface area contributed by atoms with Crippen LogP contribution in [0.15, 0.2) is 29.2 Å². The van der Waals surface area contributed by atoms with E-state index in [1.54, 1.807) is 0 Å². The summed E-state index contributed by atoms with van der Waals surface area (Å²) in [6.07, 6.45) is 0. The molecule has 0 saturated carbocycles. The Labute approximate surface area is 70.4 Å². The molecule has 1 atom stereocenters. The Morgan fingerprint density at radius 1 is 1.45 bits per heavy atom. The molecule has 1 heterocycles. The fourth-order valence-corrected chi connectivity index (χ4v) is 2.62. The van der Waals surface area contributed by atoms with Crippen LogP contribution in [0, 0.1) is 0 Å². The van der Waals surface area contributed by atoms with Crippen LogP contribution in [0.1, 0.15) is 11.5 Å². The van der Waals surface area contributed by atoms with Crippen molar-refractivity contribution in [2.75, 3.05) is 12.4 Å². The fourth-order valence-electron chi connectivity index (χ4n) is 1.38. The average Bonchev–Trinajstić information content (AvgIpc) is 2.47. The molecule has 11 heavy (non-hydrogen) atoms. The van der Waals surface area contributed by atoms with Gasteiger partial charge in [-0.3, -0.25) is 0 Å². The SMILES string of the molecule is OCC1CSc2ccccc21. The number of benzene rings is 1. The van der Waals surface area contributed by atoms with Gasteiger partial charge in [-0.1, -0.05) is 18.2 Å². The van der Waals surface area contributed by atoms with Crippen molar-refractivity contribution in [1.82, 2.24) is 0 Å². The monoisotopic (exact) mass is 166 g/mol. The molecule has 0 saturated heterocycles. The van der Waals surface area contributed by atoms with Crippen molar-refractivity contribution in [3.63, 3.8) is 0 Å². The molecule has 0 aromatic heterocycles. The van der Waals surface area contributed by atoms with E-state index >= 15 is 0 Å². The van der Waals surface area contributed by atoms with Crippen molar-refractivity contribution in [2.45, 2.75) is 10.8 Å². The van der Waals surface area contributed by atoms with Gasteiger partial charge in [0.2, 0.25) is 0 Å². The Morgan fingerprint density at radius 2 is 2.27 bits per heavy atom. The van der Waals surface area contributed by atoms with E-state index in [1.165, 1.54) is 10.5 Å². The predicted molar refractivity (Wildman–Crippen MR) is 47.0 cm³/mol. The van der Waals surface area contributed by atoms with E-state index in [4.69, 9.17) is 5.11 Å². The highest BCUT2D eigenvalue weighted by atomic mass is 32.2. The number of aliphatic hydroxyl groups is 1. The number of aliphatic hydroxyl groups excluding tert-OH is 1. The maximum Gasteiger partial charge on any atom is 0.0508 e. The molecule has 1 N–H and O–H groups in total. The molecule has 0 aliphatic carbocycles. The molecule has 0 bridgehead atoms. The highest BCUT2D eigenvalue weighted by Gasteiger charge is 2.20. The van der Waals surface area contributed by atoms with Gasteiger partial charge in [0.15, 0.2) is 0 Å². The maximum atomic E-state index is 9.00. The maximum absolute atomic E-state index is 9.00. The zero-order chi connectivity index (χ0) is 7.68. The summed E-state index contributed by atoms with van der Waals surface area (Å²) >= 11 is 1.84. The third-order valence-corrected chi connectivity index (χ3v) is 3.27. The summed E-state index contributed by atoms with van der Waals surface area (Å²) in [7, 11) is 0. The molecule has 1 aliphatic rings. The average molecular weight is 166 g/mol. The number of rotatable bonds is 1. The molecule has 1 aliphatic heterocycles. The van der Waals surface area contributed by atoms with Gasteiger partial charge in [-0.15, -0.1) is 11.8 Å². The zero-order valence-electron chi connectivity index (χ0n) is 6.16. The Balaban J connectivity index is 2.39. The third-order valence-electron chi connectivity index (χ3n) is 2.02. The molecule has 1 unspecified atom stereocenters. The van der Waals surface area contributed by atoms with E-state index in [2.05, 4.69) is 12.1 Å². The molecule has 1 nitrogen and oxygen atoms in total. The largest absolute Gasteiger partial charge is 0.396 e. The zero-order valence-corrected chi connectivity index (χ0v) is 6.97. The Bertz CT molecular complexity index is 259. The van der Waals surface area contributed by atoms with E-state index < -0.39 is 0 Å². The topological polar surface area (TPSA) is 20.2 Å². The van der Waals surface area contributed by atoms with Crippen molar-refractivity contribution in [2.24, 2.45) is 0 Å². The van der Waals surface area contributed by atoms with Crippen LogP contribution in [0.25, 0.3) is 0 Å². The molecule has 0 radical (unpaired) electrons. The van der Waals surface area contributed by atoms with Crippen LogP contribution in [0.4, 0.5) is 0 Å². The minimum Gasteiger partial charge on any atom is -0.396 e. The lowest BCUT2D eigenvalue weighted by molar-refractivity contribution is 0.275. The molecule has 0 fully saturated rings. The van der Waals surface area contributed by atoms with Crippen LogP contribution in [0.3, 0.4) is 0 Å². The molecule has 2 heteroatoms. The Hall–Kier alpha value is -0.470. The molecule has 58 valence electrons. The minimum atomic E-state index is 0.282. The van der Waals surface area contributed by atoms with E-state index in [0.717, 1.165) is 5.75 Å². The van der Waals surface area contributed by atoms with E-state index in [-0.39, 0.29) is 6.61 Å². The standard InChI is InChI=1S/C9H10OS/c10-5-7-6-11-9-4-2-1-3-8(7)9/h1-4,7,10H,5-6H2. The Kier molecular flexibility index (Phi) is 1.88. The smallest absolute Gasteiger partial charge is 0.0508 e. The van der Waals surface area contributed by atoms with E-state index in [9.17, 15) is 0 Å². The van der Waals surface area contributed by atoms with Gasteiger partial charge in [-0.25, -0.2) is 0 Å². The van der Waals surface area contributed by atoms with Crippen LogP contribution >= 0.6 is 11.8 Å². The van der Waals surface area contributed by atoms with Crippen molar-refractivity contribution in [3.05, 3.63) is 29.8 Å². The van der Waals surface area contributed by atoms with Crippen molar-refractivity contribution < 1.29 is 5.11 Å². The molecule has 1 aromatic rings. The summed E-state index contributed by atoms with van der Waals surface area (Å²) in [5.74, 6) is 1.41. The lowest BCUT2D eigenvalue weighted by Gasteiger charge is -2.04. The first kappa shape index (κ1) is 7.19. The number of hydrogen-bond donors (Lipinski definition) is 1. The van der Waals surface area contributed by atoms with Crippen molar-refractivity contribution in [1.29, 1.82) is 0 Å². The number of hydrogen-bond acceptors (Lipinski definition) is 2. The molecular formula is C9H10OS. The number of fused-ring (bicyclic) bond motifs is 1. The predicted octanol–water partition coefficient (Wildman–Crippen LogP) is 1.87. The third kappa shape index (κ3) is 1.17. The summed E-state index contributed by atoms with van der Waals surface area (Å²) in [4.78, 5) is 1.34. The minimum absolute atomic E-state index is 0.282. The normalized spacial score (nSPS) is 21.7. The fraction of sp³-hybridized carbons (Fsp3) is 0.333. The quantitative estimate of drug-likeness (QED) is 0.687. The molecule has 0 spiro atoms. The van der Waals surface area contributed by atoms with Crippen molar-refractivity contribution in [3.8, 4) is 0 Å². The van der Waals surface area contributed by atoms with Gasteiger partial charge in [-0.2, -0.15) is 0 Å². The van der Waals surface area contributed by atoms with Gasteiger partial charge in [0.05, 0.1) is 6.61 Å². The molecular weight excluding hydrogens is 156 g/mol. The summed E-state index contributed by atoms with van der Waals surface area (Å²) in [5, 5.41) is 9.00. The van der Waals surface area contributed by atoms with Crippen LogP contribution in [0.5, 0.6) is 0 Å². The van der Waals surface area contributed by atoms with Gasteiger partial charge in [-0.05, 0) is 11.6 Å². The van der Waals surface area contributed by atoms with Gasteiger partial charge in [0, 0.05) is 16.6 Å². The Morgan fingerprint density at radius 3 is 3.09 bits per heavy atom. The van der Waals surface area contributed by atoms with Gasteiger partial charge in [0.25, 0.3) is 0 Å². The summed E-state index contributed by atoms with van der Waals surface area (Å²) < 4.78 is 0. The lowest BCUT2D eigenvalue weighted by atomic mass is 10.0. The van der Waals surface area contributed by atoms with Crippen LogP contribution < -0.4 is 0 Å². The van der Waals surface area contributed by atoms with E-state index in [0.29, 0.717) is 5.92 Å². The first-order chi connectivity index (χ1) is 5.42. The van der Waals surface area contributed by atoms with Gasteiger partial charge < -0.3 is 5.11 Å². The second-order valence-corrected chi connectivity index (χ2v) is 3.79. The number of thioether (sulfide) groups is 1. The summed E-state index contributed by atoms with van der Waals surface area (Å²) in [6.45, 7) is 0.282. The first-order valence-corrected chi connectivity index (χ1v) is 4.73. The molecule has 2 rings (SSSR count). The molecule has 0 amide bonds. The van der Waals surface area contributed by atoms with Gasteiger partial charge >= 0.3 is 0 Å². The van der Waals surface area contributed by atoms with Crippen molar-refractivity contribution >= 4 is 11.8 Å². The summed E-state index contributed by atoms with van der Waals surface area (Å²) in [5.41, 5.74) is 1.32. The summed E-state index contributed by atoms with van der Waals surface area (Å²) in [6, 6.07) is 8.31.